The van der Waals surface area contributed by atoms with Crippen LogP contribution in [0.3, 0.4) is 0 Å². The highest BCUT2D eigenvalue weighted by molar-refractivity contribution is 5.97. The lowest BCUT2D eigenvalue weighted by molar-refractivity contribution is 0.0913. The Morgan fingerprint density at radius 1 is 1.10 bits per heavy atom. The molecule has 0 saturated carbocycles. The summed E-state index contributed by atoms with van der Waals surface area (Å²) in [5.41, 5.74) is 0.506. The average molecular weight is 276 g/mol. The summed E-state index contributed by atoms with van der Waals surface area (Å²) in [5, 5.41) is 0. The van der Waals surface area contributed by atoms with E-state index in [2.05, 4.69) is 0 Å². The third-order valence-electron chi connectivity index (χ3n) is 2.92. The Kier molecular flexibility index (Phi) is 4.45. The number of carbonyl (C=O) groups excluding carboxylic acids is 1. The van der Waals surface area contributed by atoms with E-state index in [9.17, 15) is 13.6 Å². The molecule has 0 atom stereocenters. The maximum atomic E-state index is 13.4. The molecule has 2 rings (SSSR count). The van der Waals surface area contributed by atoms with Crippen LogP contribution in [0.15, 0.2) is 42.5 Å². The Hall–Kier alpha value is -2.23. The van der Waals surface area contributed by atoms with Gasteiger partial charge in [-0.2, -0.15) is 0 Å². The van der Waals surface area contributed by atoms with E-state index in [0.29, 0.717) is 5.75 Å². The summed E-state index contributed by atoms with van der Waals surface area (Å²) in [5.74, 6) is -1.96. The van der Waals surface area contributed by atoms with E-state index in [1.807, 2.05) is 19.1 Å². The normalized spacial score (nSPS) is 10.3. The molecule has 0 fully saturated rings. The van der Waals surface area contributed by atoms with Crippen LogP contribution in [0.25, 0.3) is 0 Å². The van der Waals surface area contributed by atoms with Gasteiger partial charge < -0.3 is 4.74 Å². The zero-order valence-electron chi connectivity index (χ0n) is 11.0. The predicted octanol–water partition coefficient (Wildman–Crippen LogP) is 3.79. The van der Waals surface area contributed by atoms with Gasteiger partial charge in [0, 0.05) is 0 Å². The van der Waals surface area contributed by atoms with Crippen molar-refractivity contribution in [3.05, 3.63) is 65.2 Å². The molecular formula is C16H14F2O2. The number of ether oxygens (including phenoxy) is 1. The molecule has 0 aromatic heterocycles. The van der Waals surface area contributed by atoms with Crippen molar-refractivity contribution < 1.29 is 18.3 Å². The van der Waals surface area contributed by atoms with Gasteiger partial charge in [-0.05, 0) is 36.2 Å². The van der Waals surface area contributed by atoms with Gasteiger partial charge >= 0.3 is 0 Å². The molecule has 0 saturated heterocycles. The van der Waals surface area contributed by atoms with Crippen molar-refractivity contribution in [1.82, 2.24) is 0 Å². The van der Waals surface area contributed by atoms with E-state index >= 15 is 0 Å². The van der Waals surface area contributed by atoms with Crippen LogP contribution in [0.5, 0.6) is 5.75 Å². The maximum absolute atomic E-state index is 13.4. The number of ketones is 1. The number of benzene rings is 2. The van der Waals surface area contributed by atoms with Crippen LogP contribution >= 0.6 is 0 Å². The monoisotopic (exact) mass is 276 g/mol. The first kappa shape index (κ1) is 14.2. The molecule has 104 valence electrons. The summed E-state index contributed by atoms with van der Waals surface area (Å²) in [6.07, 6.45) is 0.840. The fraction of sp³-hybridized carbons (Fsp3) is 0.188. The molecule has 0 aliphatic heterocycles. The van der Waals surface area contributed by atoms with Crippen LogP contribution in [-0.4, -0.2) is 12.4 Å². The minimum atomic E-state index is -0.874. The molecule has 0 unspecified atom stereocenters. The Labute approximate surface area is 116 Å². The molecule has 2 aromatic carbocycles. The Balaban J connectivity index is 2.09. The molecule has 20 heavy (non-hydrogen) atoms. The standard InChI is InChI=1S/C16H14F2O2/c1-2-11-5-3-6-12(9-11)20-10-15(19)16-13(17)7-4-8-14(16)18/h3-9H,2,10H2,1H3. The second-order valence-electron chi connectivity index (χ2n) is 4.31. The quantitative estimate of drug-likeness (QED) is 0.777. The second kappa shape index (κ2) is 6.28. The van der Waals surface area contributed by atoms with Gasteiger partial charge in [-0.25, -0.2) is 8.78 Å². The lowest BCUT2D eigenvalue weighted by Gasteiger charge is -2.08. The third-order valence-corrected chi connectivity index (χ3v) is 2.92. The smallest absolute Gasteiger partial charge is 0.206 e. The first-order valence-corrected chi connectivity index (χ1v) is 6.30. The van der Waals surface area contributed by atoms with Crippen LogP contribution in [0.4, 0.5) is 8.78 Å². The number of halogens is 2. The fourth-order valence-electron chi connectivity index (χ4n) is 1.84. The minimum Gasteiger partial charge on any atom is -0.485 e. The van der Waals surface area contributed by atoms with Crippen molar-refractivity contribution in [3.63, 3.8) is 0 Å². The molecule has 0 N–H and O–H groups in total. The van der Waals surface area contributed by atoms with E-state index in [1.54, 1.807) is 12.1 Å². The Morgan fingerprint density at radius 3 is 2.40 bits per heavy atom. The first-order valence-electron chi connectivity index (χ1n) is 6.30. The molecule has 0 radical (unpaired) electrons. The number of aryl methyl sites for hydroxylation is 1. The zero-order chi connectivity index (χ0) is 14.5. The van der Waals surface area contributed by atoms with Crippen molar-refractivity contribution in [1.29, 1.82) is 0 Å². The summed E-state index contributed by atoms with van der Waals surface area (Å²) in [4.78, 5) is 11.8. The first-order chi connectivity index (χ1) is 9.61. The molecule has 0 heterocycles. The molecular weight excluding hydrogens is 262 g/mol. The van der Waals surface area contributed by atoms with Gasteiger partial charge in [0.2, 0.25) is 5.78 Å². The van der Waals surface area contributed by atoms with Crippen LogP contribution in [0, 0.1) is 11.6 Å². The van der Waals surface area contributed by atoms with Gasteiger partial charge in [0.05, 0.1) is 5.56 Å². The lowest BCUT2D eigenvalue weighted by atomic mass is 10.1. The summed E-state index contributed by atoms with van der Waals surface area (Å²) < 4.78 is 32.1. The molecule has 0 bridgehead atoms. The molecule has 2 nitrogen and oxygen atoms in total. The minimum absolute atomic E-state index is 0.398. The third kappa shape index (κ3) is 3.20. The lowest BCUT2D eigenvalue weighted by Crippen LogP contribution is -2.15. The van der Waals surface area contributed by atoms with Crippen LogP contribution in [-0.2, 0) is 6.42 Å². The fourth-order valence-corrected chi connectivity index (χ4v) is 1.84. The highest BCUT2D eigenvalue weighted by atomic mass is 19.1. The molecule has 0 aliphatic carbocycles. The van der Waals surface area contributed by atoms with Crippen molar-refractivity contribution in [3.8, 4) is 5.75 Å². The summed E-state index contributed by atoms with van der Waals surface area (Å²) in [7, 11) is 0. The second-order valence-corrected chi connectivity index (χ2v) is 4.31. The topological polar surface area (TPSA) is 26.3 Å². The van der Waals surface area contributed by atoms with Gasteiger partial charge in [0.15, 0.2) is 6.61 Å². The Bertz CT molecular complexity index is 603. The highest BCUT2D eigenvalue weighted by Crippen LogP contribution is 2.16. The largest absolute Gasteiger partial charge is 0.485 e. The van der Waals surface area contributed by atoms with E-state index in [1.165, 1.54) is 6.07 Å². The molecule has 0 spiro atoms. The zero-order valence-corrected chi connectivity index (χ0v) is 11.0. The predicted molar refractivity (Wildman–Crippen MR) is 72.0 cm³/mol. The van der Waals surface area contributed by atoms with Crippen LogP contribution < -0.4 is 4.74 Å². The number of Topliss-reactive ketones (excluding diaryl/α,β-unsaturated/α-hetero) is 1. The molecule has 0 amide bonds. The number of hydrogen-bond donors (Lipinski definition) is 0. The van der Waals surface area contributed by atoms with Crippen molar-refractivity contribution in [2.75, 3.05) is 6.61 Å². The highest BCUT2D eigenvalue weighted by Gasteiger charge is 2.17. The summed E-state index contributed by atoms with van der Waals surface area (Å²) >= 11 is 0. The van der Waals surface area contributed by atoms with Gasteiger partial charge in [-0.3, -0.25) is 4.79 Å². The van der Waals surface area contributed by atoms with E-state index in [-0.39, 0.29) is 0 Å². The number of carbonyl (C=O) groups is 1. The van der Waals surface area contributed by atoms with Crippen LogP contribution in [0.2, 0.25) is 0 Å². The Morgan fingerprint density at radius 2 is 1.75 bits per heavy atom. The van der Waals surface area contributed by atoms with E-state index in [4.69, 9.17) is 4.74 Å². The molecule has 0 aliphatic rings. The number of hydrogen-bond acceptors (Lipinski definition) is 2. The van der Waals surface area contributed by atoms with Gasteiger partial charge in [0.1, 0.15) is 17.4 Å². The SMILES string of the molecule is CCc1cccc(OCC(=O)c2c(F)cccc2F)c1. The van der Waals surface area contributed by atoms with Gasteiger partial charge in [0.25, 0.3) is 0 Å². The maximum Gasteiger partial charge on any atom is 0.206 e. The van der Waals surface area contributed by atoms with Crippen molar-refractivity contribution >= 4 is 5.78 Å². The number of rotatable bonds is 5. The van der Waals surface area contributed by atoms with Crippen LogP contribution in [0.1, 0.15) is 22.8 Å². The van der Waals surface area contributed by atoms with E-state index < -0.39 is 29.6 Å². The van der Waals surface area contributed by atoms with Crippen molar-refractivity contribution in [2.24, 2.45) is 0 Å². The van der Waals surface area contributed by atoms with Gasteiger partial charge in [-0.1, -0.05) is 25.1 Å². The van der Waals surface area contributed by atoms with Gasteiger partial charge in [-0.15, -0.1) is 0 Å². The summed E-state index contributed by atoms with van der Waals surface area (Å²) in [6, 6.07) is 10.6. The van der Waals surface area contributed by atoms with Crippen molar-refractivity contribution in [2.45, 2.75) is 13.3 Å². The van der Waals surface area contributed by atoms with E-state index in [0.717, 1.165) is 24.1 Å². The molecule has 2 aromatic rings. The molecule has 4 heteroatoms. The average Bonchev–Trinajstić information content (AvgIpc) is 2.45. The summed E-state index contributed by atoms with van der Waals surface area (Å²) in [6.45, 7) is 1.60.